The molecule has 0 aliphatic carbocycles. The number of hydrogen-bond acceptors (Lipinski definition) is 8. The molecule has 43 heavy (non-hydrogen) atoms. The van der Waals surface area contributed by atoms with Crippen molar-refractivity contribution >= 4 is 25.5 Å². The van der Waals surface area contributed by atoms with E-state index in [0.29, 0.717) is 24.7 Å². The van der Waals surface area contributed by atoms with Crippen LogP contribution in [0.5, 0.6) is 5.75 Å². The highest BCUT2D eigenvalue weighted by Crippen LogP contribution is 2.39. The van der Waals surface area contributed by atoms with Gasteiger partial charge in [-0.25, -0.2) is 8.78 Å². The van der Waals surface area contributed by atoms with E-state index in [1.54, 1.807) is 36.3 Å². The summed E-state index contributed by atoms with van der Waals surface area (Å²) in [5.41, 5.74) is -1.77. The molecular formula is C29H31F2N4O7P. The highest BCUT2D eigenvalue weighted by Gasteiger charge is 2.52. The van der Waals surface area contributed by atoms with Crippen molar-refractivity contribution in [2.24, 2.45) is 0 Å². The standard InChI is InChI=1S/C29H31F2N4O7P/c1-33-29(10-12-41-18-29)34(11-13-43(2,39)40)28(38)24-26(42-17-19-6-4-3-5-7-19)25(36)22(16-35(24)33)27(37)32-15-20-8-9-21(30)14-23(20)31/h3-9,14,16,39-40H,2,10-13,15,17-18H2,1H3,(H,32,37). The SMILES string of the molecule is C=P(O)(O)CCN1C(=O)c2c(OCc3ccccc3)c(=O)c(C(=O)NCc3ccc(F)cc3F)cn2N(C)C12CCOC2. The predicted molar refractivity (Wildman–Crippen MR) is 156 cm³/mol. The van der Waals surface area contributed by atoms with Gasteiger partial charge in [-0.3, -0.25) is 24.1 Å². The van der Waals surface area contributed by atoms with E-state index >= 15 is 0 Å². The summed E-state index contributed by atoms with van der Waals surface area (Å²) >= 11 is 0. The lowest BCUT2D eigenvalue weighted by Gasteiger charge is -2.52. The Hall–Kier alpha value is -4.03. The molecule has 0 bridgehead atoms. The number of carbonyl (C=O) groups excluding carboxylic acids is 2. The second-order valence-electron chi connectivity index (χ2n) is 10.5. The summed E-state index contributed by atoms with van der Waals surface area (Å²) in [7, 11) is -1.85. The largest absolute Gasteiger partial charge is 0.482 e. The number of fused-ring (bicyclic) bond motifs is 1. The number of nitrogens with one attached hydrogen (secondary N) is 1. The molecule has 3 aromatic rings. The van der Waals surface area contributed by atoms with Crippen LogP contribution in [0.2, 0.25) is 0 Å². The number of rotatable bonds is 9. The first-order chi connectivity index (χ1) is 20.4. The van der Waals surface area contributed by atoms with Gasteiger partial charge in [-0.2, -0.15) is 0 Å². The Bertz CT molecular complexity index is 1650. The van der Waals surface area contributed by atoms with E-state index in [1.807, 2.05) is 6.07 Å². The van der Waals surface area contributed by atoms with Gasteiger partial charge < -0.3 is 29.5 Å². The van der Waals surface area contributed by atoms with Crippen LogP contribution in [0.25, 0.3) is 0 Å². The average Bonchev–Trinajstić information content (AvgIpc) is 3.45. The summed E-state index contributed by atoms with van der Waals surface area (Å²) in [5, 5.41) is 4.14. The van der Waals surface area contributed by atoms with Crippen LogP contribution in [0.1, 0.15) is 38.4 Å². The van der Waals surface area contributed by atoms with E-state index in [-0.39, 0.29) is 55.0 Å². The summed E-state index contributed by atoms with van der Waals surface area (Å²) in [5.74, 6) is -3.50. The molecule has 0 saturated carbocycles. The fourth-order valence-corrected chi connectivity index (χ4v) is 5.77. The molecule has 2 amide bonds. The molecule has 1 atom stereocenters. The molecule has 1 spiro atoms. The molecule has 5 rings (SSSR count). The molecule has 228 valence electrons. The molecule has 1 fully saturated rings. The van der Waals surface area contributed by atoms with Gasteiger partial charge in [0.25, 0.3) is 11.8 Å². The first-order valence-electron chi connectivity index (χ1n) is 13.4. The number of pyridine rings is 1. The van der Waals surface area contributed by atoms with Gasteiger partial charge >= 0.3 is 0 Å². The van der Waals surface area contributed by atoms with Gasteiger partial charge in [0, 0.05) is 50.5 Å². The zero-order chi connectivity index (χ0) is 30.9. The van der Waals surface area contributed by atoms with Gasteiger partial charge in [0.1, 0.15) is 31.1 Å². The molecule has 1 saturated heterocycles. The topological polar surface area (TPSA) is 134 Å². The molecule has 3 N–H and O–H groups in total. The Morgan fingerprint density at radius 3 is 2.58 bits per heavy atom. The van der Waals surface area contributed by atoms with Crippen LogP contribution in [-0.2, 0) is 17.9 Å². The number of halogens is 2. The fourth-order valence-electron chi connectivity index (χ4n) is 5.25. The monoisotopic (exact) mass is 616 g/mol. The lowest BCUT2D eigenvalue weighted by atomic mass is 10.0. The molecule has 1 unspecified atom stereocenters. The van der Waals surface area contributed by atoms with Gasteiger partial charge in [0.05, 0.1) is 13.2 Å². The van der Waals surface area contributed by atoms with Crippen molar-refractivity contribution in [1.82, 2.24) is 14.9 Å². The van der Waals surface area contributed by atoms with Crippen molar-refractivity contribution in [2.75, 3.05) is 38.0 Å². The zero-order valence-electron chi connectivity index (χ0n) is 23.3. The molecule has 1 aromatic heterocycles. The summed E-state index contributed by atoms with van der Waals surface area (Å²) in [6.07, 6.45) is 4.80. The van der Waals surface area contributed by atoms with Gasteiger partial charge in [0.2, 0.25) is 5.43 Å². The number of aromatic nitrogens is 1. The molecule has 3 heterocycles. The van der Waals surface area contributed by atoms with E-state index < -0.39 is 41.9 Å². The van der Waals surface area contributed by atoms with E-state index in [0.717, 1.165) is 6.07 Å². The maximum atomic E-state index is 14.2. The number of carbonyl (C=O) groups is 2. The minimum absolute atomic E-state index is 0.00968. The summed E-state index contributed by atoms with van der Waals surface area (Å²) in [4.78, 5) is 62.7. The maximum Gasteiger partial charge on any atom is 0.278 e. The van der Waals surface area contributed by atoms with Gasteiger partial charge in [-0.1, -0.05) is 42.7 Å². The summed E-state index contributed by atoms with van der Waals surface area (Å²) in [6, 6.07) is 11.8. The third kappa shape index (κ3) is 6.07. The second-order valence-corrected chi connectivity index (χ2v) is 12.7. The number of ether oxygens (including phenoxy) is 2. The maximum absolute atomic E-state index is 14.2. The number of likely N-dealkylation sites (N-methyl/N-ethyl adjacent to an activating group) is 1. The quantitative estimate of drug-likeness (QED) is 0.311. The van der Waals surface area contributed by atoms with Crippen LogP contribution < -0.4 is 20.5 Å². The Balaban J connectivity index is 1.58. The molecular weight excluding hydrogens is 585 g/mol. The lowest BCUT2D eigenvalue weighted by molar-refractivity contribution is 0.0243. The van der Waals surface area contributed by atoms with Crippen LogP contribution in [0, 0.1) is 11.6 Å². The van der Waals surface area contributed by atoms with Crippen LogP contribution in [0.4, 0.5) is 8.78 Å². The highest BCUT2D eigenvalue weighted by atomic mass is 31.2. The average molecular weight is 617 g/mol. The van der Waals surface area contributed by atoms with Crippen LogP contribution >= 0.6 is 7.34 Å². The Kier molecular flexibility index (Phi) is 8.44. The van der Waals surface area contributed by atoms with E-state index in [1.165, 1.54) is 21.8 Å². The van der Waals surface area contributed by atoms with Crippen molar-refractivity contribution in [3.63, 3.8) is 0 Å². The third-order valence-corrected chi connectivity index (χ3v) is 8.53. The predicted octanol–water partition coefficient (Wildman–Crippen LogP) is 2.04. The number of nitrogens with zero attached hydrogens (tertiary/aromatic N) is 3. The molecule has 14 heteroatoms. The number of benzene rings is 2. The minimum atomic E-state index is -3.51. The summed E-state index contributed by atoms with van der Waals surface area (Å²) in [6.45, 7) is -0.132. The molecule has 11 nitrogen and oxygen atoms in total. The smallest absolute Gasteiger partial charge is 0.278 e. The van der Waals surface area contributed by atoms with E-state index in [9.17, 15) is 33.0 Å². The third-order valence-electron chi connectivity index (χ3n) is 7.61. The normalized spacial score (nSPS) is 18.2. The van der Waals surface area contributed by atoms with E-state index in [2.05, 4.69) is 11.6 Å². The van der Waals surface area contributed by atoms with Crippen molar-refractivity contribution in [3.8, 4) is 5.75 Å². The lowest BCUT2D eigenvalue weighted by Crippen LogP contribution is -2.70. The van der Waals surface area contributed by atoms with Gasteiger partial charge in [-0.15, -0.1) is 0 Å². The molecule has 0 radical (unpaired) electrons. The minimum Gasteiger partial charge on any atom is -0.482 e. The molecule has 2 aromatic carbocycles. The van der Waals surface area contributed by atoms with Crippen LogP contribution in [0.3, 0.4) is 0 Å². The first kappa shape index (κ1) is 30.4. The number of amides is 2. The Morgan fingerprint density at radius 2 is 1.93 bits per heavy atom. The first-order valence-corrected chi connectivity index (χ1v) is 15.5. The van der Waals surface area contributed by atoms with E-state index in [4.69, 9.17) is 9.47 Å². The highest BCUT2D eigenvalue weighted by molar-refractivity contribution is 7.62. The van der Waals surface area contributed by atoms with Crippen molar-refractivity contribution in [2.45, 2.75) is 25.2 Å². The van der Waals surface area contributed by atoms with Crippen LogP contribution in [0.15, 0.2) is 59.5 Å². The fraction of sp³-hybridized carbons (Fsp3) is 0.310. The van der Waals surface area contributed by atoms with Gasteiger partial charge in [-0.05, 0) is 11.6 Å². The summed E-state index contributed by atoms with van der Waals surface area (Å²) < 4.78 is 40.5. The Labute approximate surface area is 246 Å². The Morgan fingerprint density at radius 1 is 1.19 bits per heavy atom. The van der Waals surface area contributed by atoms with Crippen LogP contribution in [-0.4, -0.2) is 76.1 Å². The molecule has 2 aliphatic rings. The molecule has 2 aliphatic heterocycles. The van der Waals surface area contributed by atoms with Crippen molar-refractivity contribution in [3.05, 3.63) is 99.0 Å². The number of hydrogen-bond donors (Lipinski definition) is 3. The van der Waals surface area contributed by atoms with Crippen molar-refractivity contribution < 1.29 is 37.6 Å². The van der Waals surface area contributed by atoms with Crippen molar-refractivity contribution in [1.29, 1.82) is 0 Å². The second kappa shape index (κ2) is 11.9. The zero-order valence-corrected chi connectivity index (χ0v) is 24.2. The van der Waals surface area contributed by atoms with Gasteiger partial charge in [0.15, 0.2) is 17.1 Å².